The smallest absolute Gasteiger partial charge is 0.303 e. The van der Waals surface area contributed by atoms with Gasteiger partial charge in [-0.05, 0) is 47.9 Å². The Bertz CT molecular complexity index is 1550. The fourth-order valence-electron chi connectivity index (χ4n) is 3.95. The van der Waals surface area contributed by atoms with E-state index in [1.165, 1.54) is 6.20 Å². The highest BCUT2D eigenvalue weighted by Crippen LogP contribution is 2.28. The van der Waals surface area contributed by atoms with Gasteiger partial charge in [-0.3, -0.25) is 14.6 Å². The number of nitrogens with zero attached hydrogens (tertiary/aromatic N) is 4. The summed E-state index contributed by atoms with van der Waals surface area (Å²) in [6.45, 7) is 0. The minimum atomic E-state index is -0.860. The van der Waals surface area contributed by atoms with Gasteiger partial charge >= 0.3 is 5.97 Å². The van der Waals surface area contributed by atoms with Crippen molar-refractivity contribution in [1.29, 1.82) is 0 Å². The maximum absolute atomic E-state index is 12.4. The zero-order valence-corrected chi connectivity index (χ0v) is 18.0. The Balaban J connectivity index is 1.61. The van der Waals surface area contributed by atoms with Crippen LogP contribution in [-0.4, -0.2) is 40.6 Å². The number of nitrogens with one attached hydrogen (secondary N) is 2. The quantitative estimate of drug-likeness (QED) is 0.294. The Morgan fingerprint density at radius 2 is 2.06 bits per heavy atom. The van der Waals surface area contributed by atoms with E-state index in [4.69, 9.17) is 15.8 Å². The van der Waals surface area contributed by atoms with Crippen LogP contribution in [0.3, 0.4) is 0 Å². The summed E-state index contributed by atoms with van der Waals surface area (Å²) in [6, 6.07) is 9.39. The average molecular weight is 455 g/mol. The van der Waals surface area contributed by atoms with Gasteiger partial charge in [-0.1, -0.05) is 0 Å². The molecule has 10 nitrogen and oxygen atoms in total. The Labute approximate surface area is 193 Å². The minimum Gasteiger partial charge on any atom is -0.481 e. The number of carboxylic acids is 1. The molecule has 4 aromatic heterocycles. The minimum absolute atomic E-state index is 0.0204. The highest BCUT2D eigenvalue weighted by atomic mass is 16.4. The van der Waals surface area contributed by atoms with E-state index in [0.717, 1.165) is 22.3 Å². The predicted molar refractivity (Wildman–Crippen MR) is 127 cm³/mol. The van der Waals surface area contributed by atoms with Gasteiger partial charge in [0.15, 0.2) is 0 Å². The fraction of sp³-hybridized carbons (Fsp3) is 0.125. The molecular weight excluding hydrogens is 434 g/mol. The van der Waals surface area contributed by atoms with Crippen molar-refractivity contribution in [1.82, 2.24) is 29.5 Å². The molecule has 0 spiro atoms. The number of aromatic amines is 2. The number of benzene rings is 1. The van der Waals surface area contributed by atoms with Crippen LogP contribution in [0, 0.1) is 0 Å². The third-order valence-electron chi connectivity index (χ3n) is 5.55. The average Bonchev–Trinajstić information content (AvgIpc) is 3.48. The number of pyridine rings is 2. The first-order valence-electron chi connectivity index (χ1n) is 10.6. The van der Waals surface area contributed by atoms with Gasteiger partial charge in [-0.25, -0.2) is 9.97 Å². The largest absolute Gasteiger partial charge is 0.481 e. The maximum Gasteiger partial charge on any atom is 0.303 e. The summed E-state index contributed by atoms with van der Waals surface area (Å²) >= 11 is 0. The number of hydrogen-bond acceptors (Lipinski definition) is 6. The van der Waals surface area contributed by atoms with Crippen molar-refractivity contribution >= 4 is 22.7 Å². The first kappa shape index (κ1) is 21.1. The second-order valence-corrected chi connectivity index (χ2v) is 7.92. The van der Waals surface area contributed by atoms with Crippen LogP contribution in [0.2, 0.25) is 0 Å². The topological polar surface area (TPSA) is 156 Å². The molecule has 5 aromatic rings. The van der Waals surface area contributed by atoms with Crippen molar-refractivity contribution in [2.24, 2.45) is 0 Å². The predicted octanol–water partition coefficient (Wildman–Crippen LogP) is 2.69. The van der Waals surface area contributed by atoms with Gasteiger partial charge in [0.1, 0.15) is 11.4 Å². The van der Waals surface area contributed by atoms with Crippen LogP contribution >= 0.6 is 0 Å². The molecule has 0 saturated heterocycles. The van der Waals surface area contributed by atoms with E-state index in [1.807, 2.05) is 35.0 Å². The summed E-state index contributed by atoms with van der Waals surface area (Å²) in [5.41, 5.74) is 11.3. The highest BCUT2D eigenvalue weighted by molar-refractivity contribution is 5.86. The van der Waals surface area contributed by atoms with Crippen LogP contribution in [0.4, 0.5) is 5.69 Å². The number of aromatic nitrogens is 6. The molecule has 0 aliphatic carbocycles. The second kappa shape index (κ2) is 8.66. The van der Waals surface area contributed by atoms with Crippen LogP contribution in [0.1, 0.15) is 23.2 Å². The van der Waals surface area contributed by atoms with E-state index in [2.05, 4.69) is 19.9 Å². The lowest BCUT2D eigenvalue weighted by Crippen LogP contribution is -2.11. The van der Waals surface area contributed by atoms with Crippen LogP contribution in [0.5, 0.6) is 0 Å². The SMILES string of the molecule is Nc1cc[nH]c(=O)c1-c1nc2c(Cc3ccnc(CCC(=O)O)c3)cc(-n3ccnc3)cc2[nH]1. The van der Waals surface area contributed by atoms with Crippen molar-refractivity contribution in [3.8, 4) is 17.1 Å². The number of anilines is 1. The molecule has 1 aromatic carbocycles. The van der Waals surface area contributed by atoms with Crippen molar-refractivity contribution in [3.63, 3.8) is 0 Å². The van der Waals surface area contributed by atoms with Crippen molar-refractivity contribution < 1.29 is 9.90 Å². The number of carbonyl (C=O) groups is 1. The summed E-state index contributed by atoms with van der Waals surface area (Å²) in [6.07, 6.45) is 9.35. The molecule has 10 heteroatoms. The Morgan fingerprint density at radius 1 is 1.18 bits per heavy atom. The molecule has 5 rings (SSSR count). The lowest BCUT2D eigenvalue weighted by molar-refractivity contribution is -0.136. The van der Waals surface area contributed by atoms with Crippen LogP contribution in [0.15, 0.2) is 66.2 Å². The number of H-pyrrole nitrogens is 2. The van der Waals surface area contributed by atoms with Gasteiger partial charge in [0.05, 0.1) is 23.8 Å². The van der Waals surface area contributed by atoms with Crippen molar-refractivity contribution in [3.05, 3.63) is 88.6 Å². The van der Waals surface area contributed by atoms with Crippen LogP contribution in [0.25, 0.3) is 28.1 Å². The number of aryl methyl sites for hydroxylation is 1. The number of hydrogen-bond donors (Lipinski definition) is 4. The second-order valence-electron chi connectivity index (χ2n) is 7.92. The molecule has 0 aliphatic heterocycles. The van der Waals surface area contributed by atoms with E-state index in [-0.39, 0.29) is 17.5 Å². The molecule has 0 radical (unpaired) electrons. The Morgan fingerprint density at radius 3 is 2.82 bits per heavy atom. The summed E-state index contributed by atoms with van der Waals surface area (Å²) < 4.78 is 1.89. The molecule has 4 heterocycles. The van der Waals surface area contributed by atoms with E-state index in [9.17, 15) is 9.59 Å². The van der Waals surface area contributed by atoms with Gasteiger partial charge in [0.2, 0.25) is 0 Å². The van der Waals surface area contributed by atoms with Gasteiger partial charge in [0.25, 0.3) is 5.56 Å². The van der Waals surface area contributed by atoms with Crippen molar-refractivity contribution in [2.45, 2.75) is 19.3 Å². The molecule has 5 N–H and O–H groups in total. The van der Waals surface area contributed by atoms with Crippen LogP contribution < -0.4 is 11.3 Å². The normalized spacial score (nSPS) is 11.2. The molecule has 0 fully saturated rings. The van der Waals surface area contributed by atoms with Gasteiger partial charge in [-0.15, -0.1) is 0 Å². The fourth-order valence-corrected chi connectivity index (χ4v) is 3.95. The maximum atomic E-state index is 12.4. The number of nitrogen functional groups attached to an aromatic ring is 1. The van der Waals surface area contributed by atoms with Gasteiger partial charge in [0, 0.05) is 48.3 Å². The monoisotopic (exact) mass is 455 g/mol. The lowest BCUT2D eigenvalue weighted by atomic mass is 10.0. The molecule has 0 aliphatic rings. The van der Waals surface area contributed by atoms with Gasteiger partial charge < -0.3 is 25.4 Å². The summed E-state index contributed by atoms with van der Waals surface area (Å²) in [5, 5.41) is 8.97. The van der Waals surface area contributed by atoms with E-state index >= 15 is 0 Å². The van der Waals surface area contributed by atoms with Crippen molar-refractivity contribution in [2.75, 3.05) is 5.73 Å². The first-order chi connectivity index (χ1) is 16.5. The molecular formula is C24H21N7O3. The molecule has 0 unspecified atom stereocenters. The number of rotatable bonds is 7. The summed E-state index contributed by atoms with van der Waals surface area (Å²) in [5.74, 6) is -0.476. The standard InChI is InChI=1S/C24H21N7O3/c25-18-4-6-28-24(34)21(18)23-29-19-12-17(31-8-7-26-13-31)11-15(22(19)30-23)9-14-3-5-27-16(10-14)1-2-20(32)33/h3-8,10-13H,1-2,9H2,(H,29,30)(H,32,33)(H3,25,28,34). The highest BCUT2D eigenvalue weighted by Gasteiger charge is 2.16. The van der Waals surface area contributed by atoms with E-state index < -0.39 is 5.97 Å². The zero-order chi connectivity index (χ0) is 23.7. The third kappa shape index (κ3) is 4.16. The van der Waals surface area contributed by atoms with E-state index in [0.29, 0.717) is 35.6 Å². The first-order valence-corrected chi connectivity index (χ1v) is 10.6. The Hall–Kier alpha value is -4.73. The number of fused-ring (bicyclic) bond motifs is 1. The number of imidazole rings is 2. The molecule has 0 amide bonds. The molecule has 0 saturated carbocycles. The number of aliphatic carboxylic acids is 1. The molecule has 170 valence electrons. The molecule has 0 atom stereocenters. The van der Waals surface area contributed by atoms with Crippen LogP contribution in [-0.2, 0) is 17.6 Å². The third-order valence-corrected chi connectivity index (χ3v) is 5.55. The Kier molecular flexibility index (Phi) is 5.38. The molecule has 34 heavy (non-hydrogen) atoms. The number of carboxylic acid groups (broad SMARTS) is 1. The lowest BCUT2D eigenvalue weighted by Gasteiger charge is -2.09. The summed E-state index contributed by atoms with van der Waals surface area (Å²) in [4.78, 5) is 42.4. The molecule has 0 bridgehead atoms. The van der Waals surface area contributed by atoms with Gasteiger partial charge in [-0.2, -0.15) is 0 Å². The number of nitrogens with two attached hydrogens (primary N) is 1. The zero-order valence-electron chi connectivity index (χ0n) is 18.0. The van der Waals surface area contributed by atoms with E-state index in [1.54, 1.807) is 24.8 Å². The summed E-state index contributed by atoms with van der Waals surface area (Å²) in [7, 11) is 0.